The van der Waals surface area contributed by atoms with Crippen molar-refractivity contribution in [3.63, 3.8) is 0 Å². The number of nitrogens with zero attached hydrogens (tertiary/aromatic N) is 3. The average molecular weight is 408 g/mol. The van der Waals surface area contributed by atoms with E-state index in [1.807, 2.05) is 30.5 Å². The lowest BCUT2D eigenvalue weighted by Gasteiger charge is -2.19. The largest absolute Gasteiger partial charge is 0.340 e. The number of imidazole rings is 1. The molecule has 0 bridgehead atoms. The Kier molecular flexibility index (Phi) is 6.38. The Morgan fingerprint density at radius 2 is 1.89 bits per heavy atom. The lowest BCUT2D eigenvalue weighted by atomic mass is 10.2. The maximum Gasteiger partial charge on any atom is 0.291 e. The standard InChI is InChI=1S/C19H19F2N3OS2/c1-23(11-13-7-9-14(26-2)10-8-13)17(25)12-24-16-6-4-3-5-15(16)22-19(24)27-18(20)21/h3-10,18H,11-12H2,1-2H3. The Labute approximate surface area is 164 Å². The molecule has 0 aliphatic heterocycles. The van der Waals surface area contributed by atoms with Gasteiger partial charge in [0, 0.05) is 18.5 Å². The number of hydrogen-bond donors (Lipinski definition) is 0. The number of hydrogen-bond acceptors (Lipinski definition) is 4. The monoisotopic (exact) mass is 407 g/mol. The van der Waals surface area contributed by atoms with E-state index in [0.717, 1.165) is 10.5 Å². The number of rotatable bonds is 7. The van der Waals surface area contributed by atoms with Crippen LogP contribution >= 0.6 is 23.5 Å². The second-order valence-electron chi connectivity index (χ2n) is 5.95. The molecule has 27 heavy (non-hydrogen) atoms. The summed E-state index contributed by atoms with van der Waals surface area (Å²) in [5.74, 6) is -2.76. The topological polar surface area (TPSA) is 38.1 Å². The van der Waals surface area contributed by atoms with E-state index in [0.29, 0.717) is 29.3 Å². The number of likely N-dealkylation sites (N-methyl/N-ethyl adjacent to an activating group) is 1. The summed E-state index contributed by atoms with van der Waals surface area (Å²) in [6.45, 7) is 0.423. The molecule has 0 saturated carbocycles. The fraction of sp³-hybridized carbons (Fsp3) is 0.263. The molecule has 0 unspecified atom stereocenters. The lowest BCUT2D eigenvalue weighted by molar-refractivity contribution is -0.131. The molecule has 4 nitrogen and oxygen atoms in total. The smallest absolute Gasteiger partial charge is 0.291 e. The summed E-state index contributed by atoms with van der Waals surface area (Å²) >= 11 is 2.02. The molecule has 0 N–H and O–H groups in total. The van der Waals surface area contributed by atoms with Crippen molar-refractivity contribution in [1.29, 1.82) is 0 Å². The van der Waals surface area contributed by atoms with Crippen LogP contribution < -0.4 is 0 Å². The molecule has 8 heteroatoms. The highest BCUT2D eigenvalue weighted by Gasteiger charge is 2.19. The van der Waals surface area contributed by atoms with Crippen molar-refractivity contribution < 1.29 is 13.6 Å². The van der Waals surface area contributed by atoms with E-state index in [1.165, 1.54) is 0 Å². The zero-order chi connectivity index (χ0) is 19.4. The van der Waals surface area contributed by atoms with Crippen LogP contribution in [-0.4, -0.2) is 39.4 Å². The van der Waals surface area contributed by atoms with Crippen LogP contribution in [-0.2, 0) is 17.9 Å². The number of carbonyl (C=O) groups excluding carboxylic acids is 1. The van der Waals surface area contributed by atoms with Gasteiger partial charge in [0.2, 0.25) is 5.91 Å². The Morgan fingerprint density at radius 1 is 1.19 bits per heavy atom. The van der Waals surface area contributed by atoms with Gasteiger partial charge in [0.05, 0.1) is 11.0 Å². The van der Waals surface area contributed by atoms with Gasteiger partial charge in [0.1, 0.15) is 6.54 Å². The molecule has 0 aliphatic rings. The molecule has 3 aromatic rings. The van der Waals surface area contributed by atoms with Crippen molar-refractivity contribution in [2.24, 2.45) is 0 Å². The Bertz CT molecular complexity index is 928. The number of amides is 1. The average Bonchev–Trinajstić information content (AvgIpc) is 2.99. The predicted molar refractivity (Wildman–Crippen MR) is 106 cm³/mol. The van der Waals surface area contributed by atoms with Gasteiger partial charge >= 0.3 is 0 Å². The van der Waals surface area contributed by atoms with E-state index < -0.39 is 5.76 Å². The summed E-state index contributed by atoms with van der Waals surface area (Å²) in [6.07, 6.45) is 2.01. The maximum absolute atomic E-state index is 12.9. The molecule has 0 aliphatic carbocycles. The Morgan fingerprint density at radius 3 is 2.56 bits per heavy atom. The van der Waals surface area contributed by atoms with E-state index in [4.69, 9.17) is 0 Å². The number of fused-ring (bicyclic) bond motifs is 1. The molecule has 1 heterocycles. The molecule has 2 aromatic carbocycles. The molecule has 1 aromatic heterocycles. The minimum Gasteiger partial charge on any atom is -0.340 e. The molecule has 1 amide bonds. The number of carbonyl (C=O) groups is 1. The van der Waals surface area contributed by atoms with Crippen molar-refractivity contribution in [1.82, 2.24) is 14.5 Å². The fourth-order valence-electron chi connectivity index (χ4n) is 2.72. The normalized spacial score (nSPS) is 11.3. The maximum atomic E-state index is 12.9. The fourth-order valence-corrected chi connectivity index (χ4v) is 3.73. The van der Waals surface area contributed by atoms with Gasteiger partial charge in [-0.15, -0.1) is 11.8 Å². The van der Waals surface area contributed by atoms with Gasteiger partial charge in [-0.2, -0.15) is 8.78 Å². The number of aromatic nitrogens is 2. The van der Waals surface area contributed by atoms with Crippen molar-refractivity contribution in [2.75, 3.05) is 13.3 Å². The van der Waals surface area contributed by atoms with Crippen LogP contribution in [0.15, 0.2) is 58.6 Å². The first-order valence-corrected chi connectivity index (χ1v) is 10.4. The molecule has 3 rings (SSSR count). The van der Waals surface area contributed by atoms with E-state index >= 15 is 0 Å². The molecule has 142 valence electrons. The zero-order valence-electron chi connectivity index (χ0n) is 14.9. The number of para-hydroxylation sites is 2. The quantitative estimate of drug-likeness (QED) is 0.531. The minimum absolute atomic E-state index is 0.0328. The molecular formula is C19H19F2N3OS2. The summed E-state index contributed by atoms with van der Waals surface area (Å²) in [6, 6.07) is 15.1. The third-order valence-corrected chi connectivity index (χ3v) is 5.56. The zero-order valence-corrected chi connectivity index (χ0v) is 16.6. The number of thioether (sulfide) groups is 2. The van der Waals surface area contributed by atoms with Crippen molar-refractivity contribution in [2.45, 2.75) is 28.9 Å². The summed E-state index contributed by atoms with van der Waals surface area (Å²) in [4.78, 5) is 19.7. The van der Waals surface area contributed by atoms with Gasteiger partial charge in [-0.3, -0.25) is 4.79 Å². The highest BCUT2D eigenvalue weighted by atomic mass is 32.2. The lowest BCUT2D eigenvalue weighted by Crippen LogP contribution is -2.30. The van der Waals surface area contributed by atoms with Crippen LogP contribution in [0.2, 0.25) is 0 Å². The van der Waals surface area contributed by atoms with Gasteiger partial charge in [-0.05, 0) is 47.8 Å². The van der Waals surface area contributed by atoms with Gasteiger partial charge in [-0.25, -0.2) is 4.98 Å². The van der Waals surface area contributed by atoms with Crippen LogP contribution in [0.4, 0.5) is 8.78 Å². The number of benzene rings is 2. The molecule has 0 atom stereocenters. The first-order valence-electron chi connectivity index (χ1n) is 8.25. The molecule has 0 fully saturated rings. The van der Waals surface area contributed by atoms with Crippen LogP contribution in [0.3, 0.4) is 0 Å². The SMILES string of the molecule is CSc1ccc(CN(C)C(=O)Cn2c(SC(F)F)nc3ccccc32)cc1. The van der Waals surface area contributed by atoms with Crippen LogP contribution in [0.25, 0.3) is 11.0 Å². The van der Waals surface area contributed by atoms with E-state index in [2.05, 4.69) is 4.98 Å². The molecule has 0 spiro atoms. The summed E-state index contributed by atoms with van der Waals surface area (Å²) in [5.41, 5.74) is 2.29. The van der Waals surface area contributed by atoms with E-state index in [-0.39, 0.29) is 17.6 Å². The minimum atomic E-state index is -2.59. The van der Waals surface area contributed by atoms with Gasteiger partial charge in [0.15, 0.2) is 5.16 Å². The van der Waals surface area contributed by atoms with Crippen molar-refractivity contribution >= 4 is 40.5 Å². The Hall–Kier alpha value is -2.06. The summed E-state index contributed by atoms with van der Waals surface area (Å²) in [5, 5.41) is 0.150. The van der Waals surface area contributed by atoms with E-state index in [1.54, 1.807) is 52.5 Å². The first kappa shape index (κ1) is 19.7. The van der Waals surface area contributed by atoms with Crippen LogP contribution in [0.1, 0.15) is 5.56 Å². The van der Waals surface area contributed by atoms with Crippen LogP contribution in [0, 0.1) is 0 Å². The van der Waals surface area contributed by atoms with Crippen molar-refractivity contribution in [3.05, 3.63) is 54.1 Å². The molecular weight excluding hydrogens is 388 g/mol. The summed E-state index contributed by atoms with van der Waals surface area (Å²) < 4.78 is 27.3. The molecule has 0 saturated heterocycles. The summed E-state index contributed by atoms with van der Waals surface area (Å²) in [7, 11) is 1.71. The number of halogens is 2. The van der Waals surface area contributed by atoms with Gasteiger partial charge < -0.3 is 9.47 Å². The number of alkyl halides is 2. The second-order valence-corrected chi connectivity index (χ2v) is 7.78. The third kappa shape index (κ3) is 4.81. The predicted octanol–water partition coefficient (Wildman–Crippen LogP) is 4.73. The highest BCUT2D eigenvalue weighted by Crippen LogP contribution is 2.28. The molecule has 0 radical (unpaired) electrons. The second kappa shape index (κ2) is 8.75. The van der Waals surface area contributed by atoms with Gasteiger partial charge in [-0.1, -0.05) is 24.3 Å². The van der Waals surface area contributed by atoms with Crippen molar-refractivity contribution in [3.8, 4) is 0 Å². The third-order valence-electron chi connectivity index (χ3n) is 4.11. The highest BCUT2D eigenvalue weighted by molar-refractivity contribution is 7.99. The first-order chi connectivity index (χ1) is 13.0. The van der Waals surface area contributed by atoms with Crippen LogP contribution in [0.5, 0.6) is 0 Å². The Balaban J connectivity index is 1.77. The van der Waals surface area contributed by atoms with E-state index in [9.17, 15) is 13.6 Å². The van der Waals surface area contributed by atoms with Gasteiger partial charge in [0.25, 0.3) is 5.76 Å².